The normalized spacial score (nSPS) is 12.1. The van der Waals surface area contributed by atoms with Crippen molar-refractivity contribution in [1.29, 1.82) is 0 Å². The zero-order valence-electron chi connectivity index (χ0n) is 10.0. The Bertz CT molecular complexity index is 219. The van der Waals surface area contributed by atoms with Gasteiger partial charge < -0.3 is 20.4 Å². The smallest absolute Gasteiger partial charge is 0.0515 e. The van der Waals surface area contributed by atoms with Gasteiger partial charge in [-0.3, -0.25) is 0 Å². The molecule has 0 bridgehead atoms. The van der Waals surface area contributed by atoms with Gasteiger partial charge in [0.1, 0.15) is 0 Å². The second-order valence-electron chi connectivity index (χ2n) is 4.96. The Hall–Kier alpha value is -0.600. The summed E-state index contributed by atoms with van der Waals surface area (Å²) in [6, 6.07) is 0. The highest BCUT2D eigenvalue weighted by molar-refractivity contribution is 5.05. The Morgan fingerprint density at radius 3 is 1.12 bits per heavy atom. The maximum atomic E-state index is 9.03. The summed E-state index contributed by atoms with van der Waals surface area (Å²) < 4.78 is 0. The Balaban J connectivity index is 4.22. The summed E-state index contributed by atoms with van der Waals surface area (Å²) in [6.07, 6.45) is 0.792. The molecule has 0 aromatic heterocycles. The third-order valence-electron chi connectivity index (χ3n) is 2.68. The van der Waals surface area contributed by atoms with Crippen molar-refractivity contribution in [3.8, 4) is 11.8 Å². The zero-order valence-corrected chi connectivity index (χ0v) is 10.0. The molecule has 4 nitrogen and oxygen atoms in total. The molecule has 0 heterocycles. The molecule has 0 rings (SSSR count). The molecule has 16 heavy (non-hydrogen) atoms. The maximum absolute atomic E-state index is 9.03. The van der Waals surface area contributed by atoms with Gasteiger partial charge in [-0.05, 0) is 0 Å². The summed E-state index contributed by atoms with van der Waals surface area (Å²) in [4.78, 5) is 0. The van der Waals surface area contributed by atoms with Crippen molar-refractivity contribution in [2.24, 2.45) is 10.8 Å². The highest BCUT2D eigenvalue weighted by Gasteiger charge is 2.22. The van der Waals surface area contributed by atoms with Gasteiger partial charge in [0.15, 0.2) is 0 Å². The molecule has 0 saturated heterocycles. The van der Waals surface area contributed by atoms with E-state index in [1.165, 1.54) is 0 Å². The van der Waals surface area contributed by atoms with Gasteiger partial charge in [-0.15, -0.1) is 11.8 Å². The van der Waals surface area contributed by atoms with E-state index in [-0.39, 0.29) is 26.4 Å². The van der Waals surface area contributed by atoms with Crippen molar-refractivity contribution in [1.82, 2.24) is 0 Å². The van der Waals surface area contributed by atoms with Crippen LogP contribution in [0, 0.1) is 22.7 Å². The van der Waals surface area contributed by atoms with Gasteiger partial charge in [-0.1, -0.05) is 13.8 Å². The topological polar surface area (TPSA) is 80.9 Å². The molecule has 0 fully saturated rings. The molecule has 94 valence electrons. The molecule has 0 saturated carbocycles. The van der Waals surface area contributed by atoms with Crippen molar-refractivity contribution in [2.75, 3.05) is 26.4 Å². The van der Waals surface area contributed by atoms with Crippen molar-refractivity contribution in [3.05, 3.63) is 0 Å². The zero-order chi connectivity index (χ0) is 12.7. The highest BCUT2D eigenvalue weighted by atomic mass is 16.3. The van der Waals surface area contributed by atoms with Crippen LogP contribution in [0.3, 0.4) is 0 Å². The molecule has 0 unspecified atom stereocenters. The molecule has 0 spiro atoms. The van der Waals surface area contributed by atoms with Gasteiger partial charge in [0.2, 0.25) is 0 Å². The van der Waals surface area contributed by atoms with Gasteiger partial charge in [0, 0.05) is 23.7 Å². The average molecular weight is 230 g/mol. The molecule has 0 aliphatic heterocycles. The van der Waals surface area contributed by atoms with E-state index in [1.807, 2.05) is 0 Å². The Kier molecular flexibility index (Phi) is 6.61. The molecule has 0 aromatic rings. The van der Waals surface area contributed by atoms with E-state index in [1.54, 1.807) is 13.8 Å². The standard InChI is InChI=1S/C12H22O4/c1-11(7-13,8-14)5-3-4-6-12(2,9-15)10-16/h13-16H,5-10H2,1-2H3. The van der Waals surface area contributed by atoms with E-state index < -0.39 is 10.8 Å². The lowest BCUT2D eigenvalue weighted by Crippen LogP contribution is -2.26. The molecule has 4 heteroatoms. The second-order valence-corrected chi connectivity index (χ2v) is 4.96. The van der Waals surface area contributed by atoms with Crippen LogP contribution in [0.25, 0.3) is 0 Å². The number of aliphatic hydroxyl groups is 4. The van der Waals surface area contributed by atoms with E-state index in [2.05, 4.69) is 11.8 Å². The lowest BCUT2D eigenvalue weighted by molar-refractivity contribution is 0.0723. The molecular weight excluding hydrogens is 208 g/mol. The van der Waals surface area contributed by atoms with Gasteiger partial charge >= 0.3 is 0 Å². The first kappa shape index (κ1) is 15.4. The molecule has 0 aliphatic rings. The van der Waals surface area contributed by atoms with Crippen LogP contribution in [0.4, 0.5) is 0 Å². The minimum absolute atomic E-state index is 0.116. The summed E-state index contributed by atoms with van der Waals surface area (Å²) in [5.41, 5.74) is -1.16. The van der Waals surface area contributed by atoms with Gasteiger partial charge in [-0.25, -0.2) is 0 Å². The molecule has 0 aliphatic carbocycles. The largest absolute Gasteiger partial charge is 0.396 e. The van der Waals surface area contributed by atoms with E-state index in [0.29, 0.717) is 12.8 Å². The third-order valence-corrected chi connectivity index (χ3v) is 2.68. The predicted molar refractivity (Wildman–Crippen MR) is 61.6 cm³/mol. The van der Waals surface area contributed by atoms with Crippen molar-refractivity contribution >= 4 is 0 Å². The Morgan fingerprint density at radius 1 is 0.688 bits per heavy atom. The average Bonchev–Trinajstić information content (AvgIpc) is 2.34. The minimum Gasteiger partial charge on any atom is -0.396 e. The van der Waals surface area contributed by atoms with Gasteiger partial charge in [-0.2, -0.15) is 0 Å². The monoisotopic (exact) mass is 230 g/mol. The summed E-state index contributed by atoms with van der Waals surface area (Å²) in [5.74, 6) is 5.72. The molecular formula is C12H22O4. The van der Waals surface area contributed by atoms with Gasteiger partial charge in [0.05, 0.1) is 26.4 Å². The second kappa shape index (κ2) is 6.87. The third kappa shape index (κ3) is 4.95. The Labute approximate surface area is 96.9 Å². The summed E-state index contributed by atoms with van der Waals surface area (Å²) >= 11 is 0. The first-order valence-corrected chi connectivity index (χ1v) is 5.34. The van der Waals surface area contributed by atoms with Crippen LogP contribution in [0.1, 0.15) is 26.7 Å². The maximum Gasteiger partial charge on any atom is 0.0515 e. The van der Waals surface area contributed by atoms with Crippen LogP contribution >= 0.6 is 0 Å². The fraction of sp³-hybridized carbons (Fsp3) is 0.833. The SMILES string of the molecule is CC(CO)(CO)CC#CCC(C)(CO)CO. The number of aliphatic hydroxyl groups excluding tert-OH is 4. The molecule has 0 radical (unpaired) electrons. The minimum atomic E-state index is -0.582. The fourth-order valence-corrected chi connectivity index (χ4v) is 0.875. The summed E-state index contributed by atoms with van der Waals surface area (Å²) in [6.45, 7) is 3.04. The number of rotatable bonds is 6. The quantitative estimate of drug-likeness (QED) is 0.474. The van der Waals surface area contributed by atoms with Crippen LogP contribution in [0.15, 0.2) is 0 Å². The molecule has 4 N–H and O–H groups in total. The van der Waals surface area contributed by atoms with E-state index in [0.717, 1.165) is 0 Å². The van der Waals surface area contributed by atoms with Crippen molar-refractivity contribution in [2.45, 2.75) is 26.7 Å². The number of hydrogen-bond donors (Lipinski definition) is 4. The van der Waals surface area contributed by atoms with Crippen molar-refractivity contribution < 1.29 is 20.4 Å². The van der Waals surface area contributed by atoms with E-state index in [4.69, 9.17) is 20.4 Å². The van der Waals surface area contributed by atoms with E-state index >= 15 is 0 Å². The number of hydrogen-bond acceptors (Lipinski definition) is 4. The lowest BCUT2D eigenvalue weighted by Gasteiger charge is -2.22. The highest BCUT2D eigenvalue weighted by Crippen LogP contribution is 2.20. The molecule has 0 atom stereocenters. The predicted octanol–water partition coefficient (Wildman–Crippen LogP) is -0.248. The first-order chi connectivity index (χ1) is 7.45. The van der Waals surface area contributed by atoms with Crippen LogP contribution in [0.2, 0.25) is 0 Å². The summed E-state index contributed by atoms with van der Waals surface area (Å²) in [5, 5.41) is 36.1. The van der Waals surface area contributed by atoms with Crippen LogP contribution in [0.5, 0.6) is 0 Å². The Morgan fingerprint density at radius 2 is 0.938 bits per heavy atom. The van der Waals surface area contributed by atoms with Crippen molar-refractivity contribution in [3.63, 3.8) is 0 Å². The fourth-order valence-electron chi connectivity index (χ4n) is 0.875. The molecule has 0 aromatic carbocycles. The van der Waals surface area contributed by atoms with Crippen LogP contribution in [-0.4, -0.2) is 46.9 Å². The van der Waals surface area contributed by atoms with Crippen LogP contribution < -0.4 is 0 Å². The van der Waals surface area contributed by atoms with E-state index in [9.17, 15) is 0 Å². The van der Waals surface area contributed by atoms with Crippen LogP contribution in [-0.2, 0) is 0 Å². The summed E-state index contributed by atoms with van der Waals surface area (Å²) in [7, 11) is 0. The van der Waals surface area contributed by atoms with Gasteiger partial charge in [0.25, 0.3) is 0 Å². The lowest BCUT2D eigenvalue weighted by atomic mass is 9.87. The first-order valence-electron chi connectivity index (χ1n) is 5.34. The molecule has 0 amide bonds.